The maximum atomic E-state index is 13.0. The Morgan fingerprint density at radius 1 is 1.05 bits per heavy atom. The molecule has 0 radical (unpaired) electrons. The number of nitrogens with one attached hydrogen (secondary N) is 1. The molecule has 5 rings (SSSR count). The van der Waals surface area contributed by atoms with E-state index in [1.54, 1.807) is 24.5 Å². The number of aromatic nitrogens is 4. The van der Waals surface area contributed by atoms with Crippen molar-refractivity contribution in [1.29, 1.82) is 0 Å². The molecule has 0 saturated carbocycles. The largest absolute Gasteiger partial charge is 0.366 e. The Bertz CT molecular complexity index is 1400. The highest BCUT2D eigenvalue weighted by Gasteiger charge is 2.28. The number of rotatable bonds is 7. The van der Waals surface area contributed by atoms with Gasteiger partial charge in [-0.1, -0.05) is 44.2 Å². The second-order valence-electron chi connectivity index (χ2n) is 10.4. The third-order valence-corrected chi connectivity index (χ3v) is 7.22. The van der Waals surface area contributed by atoms with E-state index in [-0.39, 0.29) is 5.91 Å². The van der Waals surface area contributed by atoms with E-state index in [4.69, 9.17) is 10.7 Å². The van der Waals surface area contributed by atoms with E-state index in [0.29, 0.717) is 35.2 Å². The molecule has 1 fully saturated rings. The number of H-pyrrole nitrogens is 1. The lowest BCUT2D eigenvalue weighted by Crippen LogP contribution is -2.41. The van der Waals surface area contributed by atoms with Crippen LogP contribution in [0.5, 0.6) is 0 Å². The summed E-state index contributed by atoms with van der Waals surface area (Å²) in [6.07, 6.45) is 8.37. The Kier molecular flexibility index (Phi) is 6.65. The van der Waals surface area contributed by atoms with Crippen LogP contribution >= 0.6 is 0 Å². The average molecular weight is 497 g/mol. The first-order valence-corrected chi connectivity index (χ1v) is 12.7. The highest BCUT2D eigenvalue weighted by Crippen LogP contribution is 2.36. The third-order valence-electron chi connectivity index (χ3n) is 7.22. The first-order valence-electron chi connectivity index (χ1n) is 12.7. The number of aryl methyl sites for hydroxylation is 1. The first kappa shape index (κ1) is 24.5. The summed E-state index contributed by atoms with van der Waals surface area (Å²) in [6.45, 7) is 6.12. The number of likely N-dealkylation sites (tertiary alicyclic amines) is 1. The minimum Gasteiger partial charge on any atom is -0.366 e. The van der Waals surface area contributed by atoms with Gasteiger partial charge in [-0.05, 0) is 48.4 Å². The molecule has 190 valence electrons. The summed E-state index contributed by atoms with van der Waals surface area (Å²) in [5.41, 5.74) is 10.4. The fourth-order valence-electron chi connectivity index (χ4n) is 4.90. The molecule has 0 atom stereocenters. The molecule has 3 N–H and O–H groups in total. The van der Waals surface area contributed by atoms with Crippen molar-refractivity contribution in [3.63, 3.8) is 0 Å². The van der Waals surface area contributed by atoms with Gasteiger partial charge in [0.15, 0.2) is 0 Å². The van der Waals surface area contributed by atoms with Crippen molar-refractivity contribution < 1.29 is 9.59 Å². The van der Waals surface area contributed by atoms with Crippen LogP contribution in [0.25, 0.3) is 28.2 Å². The molecule has 0 spiro atoms. The van der Waals surface area contributed by atoms with Crippen LogP contribution < -0.4 is 5.73 Å². The number of nitrogens with two attached hydrogens (primary N) is 1. The second kappa shape index (κ2) is 10.0. The van der Waals surface area contributed by atoms with Gasteiger partial charge in [0.05, 0.1) is 17.5 Å². The lowest BCUT2D eigenvalue weighted by atomic mass is 9.82. The first-order chi connectivity index (χ1) is 17.8. The van der Waals surface area contributed by atoms with Crippen LogP contribution in [0.15, 0.2) is 67.1 Å². The minimum absolute atomic E-state index is 0.155. The van der Waals surface area contributed by atoms with Crippen LogP contribution in [0.3, 0.4) is 0 Å². The summed E-state index contributed by atoms with van der Waals surface area (Å²) in [6, 6.07) is 15.3. The number of para-hydroxylation sites is 1. The molecule has 8 heteroatoms. The van der Waals surface area contributed by atoms with Crippen molar-refractivity contribution >= 4 is 11.8 Å². The van der Waals surface area contributed by atoms with Crippen molar-refractivity contribution in [2.45, 2.75) is 39.5 Å². The van der Waals surface area contributed by atoms with Crippen LogP contribution in [-0.4, -0.2) is 49.6 Å². The lowest BCUT2D eigenvalue weighted by Gasteiger charge is -2.37. The Morgan fingerprint density at radius 2 is 1.81 bits per heavy atom. The number of benzene rings is 2. The number of hydrogen-bond donors (Lipinski definition) is 2. The van der Waals surface area contributed by atoms with Gasteiger partial charge < -0.3 is 10.6 Å². The van der Waals surface area contributed by atoms with E-state index in [2.05, 4.69) is 24.0 Å². The molecule has 1 aliphatic heterocycles. The number of aromatic amines is 1. The number of carbonyl (C=O) groups is 2. The number of hydrogen-bond acceptors (Lipinski definition) is 4. The molecule has 37 heavy (non-hydrogen) atoms. The Labute approximate surface area is 216 Å². The van der Waals surface area contributed by atoms with Gasteiger partial charge in [0, 0.05) is 48.7 Å². The Hall–Kier alpha value is -4.20. The van der Waals surface area contributed by atoms with Gasteiger partial charge in [-0.15, -0.1) is 0 Å². The topological polar surface area (TPSA) is 110 Å². The summed E-state index contributed by atoms with van der Waals surface area (Å²) in [7, 11) is 0. The summed E-state index contributed by atoms with van der Waals surface area (Å²) in [4.78, 5) is 32.4. The van der Waals surface area contributed by atoms with Gasteiger partial charge in [-0.3, -0.25) is 19.3 Å². The molecule has 0 unspecified atom stereocenters. The molecule has 2 aromatic carbocycles. The maximum absolute atomic E-state index is 13.0. The number of carbonyl (C=O) groups excluding carboxylic acids is 2. The zero-order valence-corrected chi connectivity index (χ0v) is 21.3. The number of imidazole rings is 1. The molecule has 2 amide bonds. The predicted octanol–water partition coefficient (Wildman–Crippen LogP) is 4.61. The van der Waals surface area contributed by atoms with Crippen molar-refractivity contribution in [3.8, 4) is 28.2 Å². The number of primary amides is 1. The predicted molar refractivity (Wildman–Crippen MR) is 143 cm³/mol. The zero-order chi connectivity index (χ0) is 26.0. The van der Waals surface area contributed by atoms with E-state index < -0.39 is 5.91 Å². The van der Waals surface area contributed by atoms with Crippen molar-refractivity contribution in [3.05, 3.63) is 78.4 Å². The monoisotopic (exact) mass is 496 g/mol. The van der Waals surface area contributed by atoms with Crippen molar-refractivity contribution in [2.24, 2.45) is 11.1 Å². The molecule has 4 aromatic rings. The van der Waals surface area contributed by atoms with Crippen LogP contribution in [0, 0.1) is 5.41 Å². The van der Waals surface area contributed by atoms with E-state index >= 15 is 0 Å². The average Bonchev–Trinajstić information content (AvgIpc) is 3.58. The number of piperidine rings is 1. The van der Waals surface area contributed by atoms with Gasteiger partial charge >= 0.3 is 0 Å². The Balaban J connectivity index is 1.52. The summed E-state index contributed by atoms with van der Waals surface area (Å²) in [5.74, 6) is 0.217. The summed E-state index contributed by atoms with van der Waals surface area (Å²) in [5, 5.41) is 6.93. The SMILES string of the molecule is CC1(C)CCN(C(=O)CCc2cn(-c3ccccc3)c(-c3c(C(N)=O)cccc3-c3cn[nH]c3)n2)CC1. The van der Waals surface area contributed by atoms with Crippen LogP contribution in [0.1, 0.15) is 49.2 Å². The van der Waals surface area contributed by atoms with E-state index in [0.717, 1.165) is 48.4 Å². The van der Waals surface area contributed by atoms with Crippen LogP contribution in [0.4, 0.5) is 0 Å². The molecular weight excluding hydrogens is 464 g/mol. The summed E-state index contributed by atoms with van der Waals surface area (Å²) >= 11 is 0. The van der Waals surface area contributed by atoms with E-state index in [1.165, 1.54) is 0 Å². The highest BCUT2D eigenvalue weighted by atomic mass is 16.2. The van der Waals surface area contributed by atoms with Gasteiger partial charge in [0.25, 0.3) is 0 Å². The number of nitrogens with zero attached hydrogens (tertiary/aromatic N) is 4. The second-order valence-corrected chi connectivity index (χ2v) is 10.4. The molecule has 3 heterocycles. The van der Waals surface area contributed by atoms with Gasteiger partial charge in [-0.25, -0.2) is 4.98 Å². The number of amides is 2. The van der Waals surface area contributed by atoms with Crippen LogP contribution in [0.2, 0.25) is 0 Å². The molecule has 1 aliphatic rings. The molecular formula is C29H32N6O2. The summed E-state index contributed by atoms with van der Waals surface area (Å²) < 4.78 is 1.97. The molecule has 2 aromatic heterocycles. The zero-order valence-electron chi connectivity index (χ0n) is 21.3. The molecule has 0 bridgehead atoms. The normalized spacial score (nSPS) is 15.0. The molecule has 0 aliphatic carbocycles. The minimum atomic E-state index is -0.535. The van der Waals surface area contributed by atoms with E-state index in [9.17, 15) is 9.59 Å². The van der Waals surface area contributed by atoms with Crippen LogP contribution in [-0.2, 0) is 11.2 Å². The highest BCUT2D eigenvalue weighted by molar-refractivity contribution is 6.03. The van der Waals surface area contributed by atoms with E-state index in [1.807, 2.05) is 52.1 Å². The van der Waals surface area contributed by atoms with Crippen molar-refractivity contribution in [1.82, 2.24) is 24.6 Å². The third kappa shape index (κ3) is 5.18. The quantitative estimate of drug-likeness (QED) is 0.389. The smallest absolute Gasteiger partial charge is 0.249 e. The fourth-order valence-corrected chi connectivity index (χ4v) is 4.90. The van der Waals surface area contributed by atoms with Gasteiger partial charge in [0.2, 0.25) is 11.8 Å². The van der Waals surface area contributed by atoms with Crippen molar-refractivity contribution in [2.75, 3.05) is 13.1 Å². The standard InChI is InChI=1S/C29H32N6O2/c1-29(2)13-15-34(16-14-29)25(36)12-11-21-19-35(22-7-4-3-5-8-22)28(33-21)26-23(20-17-31-32-18-20)9-6-10-24(26)27(30)37/h3-10,17-19H,11-16H2,1-2H3,(H2,30,37)(H,31,32). The maximum Gasteiger partial charge on any atom is 0.249 e. The molecule has 1 saturated heterocycles. The van der Waals surface area contributed by atoms with Gasteiger partial charge in [0.1, 0.15) is 5.82 Å². The Morgan fingerprint density at radius 3 is 2.49 bits per heavy atom. The molecule has 8 nitrogen and oxygen atoms in total. The lowest BCUT2D eigenvalue weighted by molar-refractivity contribution is -0.133. The fraction of sp³-hybridized carbons (Fsp3) is 0.310. The van der Waals surface area contributed by atoms with Gasteiger partial charge in [-0.2, -0.15) is 5.10 Å².